The molecule has 4 nitrogen and oxygen atoms in total. The Morgan fingerprint density at radius 2 is 1.85 bits per heavy atom. The second-order valence-electron chi connectivity index (χ2n) is 5.37. The summed E-state index contributed by atoms with van der Waals surface area (Å²) >= 11 is 0. The van der Waals surface area contributed by atoms with Gasteiger partial charge in [-0.3, -0.25) is 4.79 Å². The Balaban J connectivity index is 1.94. The monoisotopic (exact) mass is 275 g/mol. The highest BCUT2D eigenvalue weighted by molar-refractivity contribution is 5.93. The predicted octanol–water partition coefficient (Wildman–Crippen LogP) is 3.61. The van der Waals surface area contributed by atoms with Crippen LogP contribution in [-0.4, -0.2) is 17.3 Å². The van der Waals surface area contributed by atoms with E-state index < -0.39 is 11.4 Å². The van der Waals surface area contributed by atoms with Gasteiger partial charge in [0.2, 0.25) is 0 Å². The molecule has 0 saturated heterocycles. The van der Waals surface area contributed by atoms with E-state index in [0.29, 0.717) is 19.4 Å². The maximum atomic E-state index is 11.5. The number of nitrogens with zero attached hydrogens (tertiary/aromatic N) is 1. The van der Waals surface area contributed by atoms with E-state index in [4.69, 9.17) is 4.84 Å². The summed E-state index contributed by atoms with van der Waals surface area (Å²) in [5.74, 6) is -0.786. The summed E-state index contributed by atoms with van der Waals surface area (Å²) in [4.78, 5) is 16.8. The predicted molar refractivity (Wildman–Crippen MR) is 77.5 cm³/mol. The lowest BCUT2D eigenvalue weighted by Crippen LogP contribution is -2.32. The fourth-order valence-electron chi connectivity index (χ4n) is 2.58. The molecule has 20 heavy (non-hydrogen) atoms. The number of carbonyl (C=O) groups is 1. The van der Waals surface area contributed by atoms with Crippen LogP contribution in [0.15, 0.2) is 35.5 Å². The lowest BCUT2D eigenvalue weighted by molar-refractivity contribution is -0.145. The van der Waals surface area contributed by atoms with Crippen LogP contribution in [0.1, 0.15) is 44.1 Å². The summed E-state index contributed by atoms with van der Waals surface area (Å²) in [7, 11) is 0. The fraction of sp³-hybridized carbons (Fsp3) is 0.500. The molecular weight excluding hydrogens is 254 g/mol. The SMILES string of the molecule is O=C(O)C1(C=NOCc2ccccc2)CCCCCC1. The molecule has 1 aromatic rings. The van der Waals surface area contributed by atoms with Crippen molar-refractivity contribution in [1.29, 1.82) is 0 Å². The molecule has 0 atom stereocenters. The van der Waals surface area contributed by atoms with Gasteiger partial charge in [-0.05, 0) is 18.4 Å². The molecule has 0 spiro atoms. The Morgan fingerprint density at radius 1 is 1.20 bits per heavy atom. The molecule has 0 amide bonds. The minimum absolute atomic E-state index is 0.368. The Hall–Kier alpha value is -1.84. The van der Waals surface area contributed by atoms with Crippen LogP contribution in [0.25, 0.3) is 0 Å². The molecule has 1 aliphatic rings. The molecule has 108 valence electrons. The van der Waals surface area contributed by atoms with Crippen molar-refractivity contribution in [3.8, 4) is 0 Å². The molecule has 0 unspecified atom stereocenters. The smallest absolute Gasteiger partial charge is 0.315 e. The molecule has 0 radical (unpaired) electrons. The zero-order valence-corrected chi connectivity index (χ0v) is 11.6. The molecule has 0 heterocycles. The van der Waals surface area contributed by atoms with Crippen molar-refractivity contribution < 1.29 is 14.7 Å². The first-order valence-electron chi connectivity index (χ1n) is 7.17. The highest BCUT2D eigenvalue weighted by Crippen LogP contribution is 2.33. The molecule has 0 aromatic heterocycles. The van der Waals surface area contributed by atoms with Gasteiger partial charge in [-0.15, -0.1) is 0 Å². The normalized spacial score (nSPS) is 18.6. The molecule has 1 N–H and O–H groups in total. The molecule has 1 saturated carbocycles. The summed E-state index contributed by atoms with van der Waals surface area (Å²) in [5.41, 5.74) is 0.183. The first-order valence-corrected chi connectivity index (χ1v) is 7.17. The summed E-state index contributed by atoms with van der Waals surface area (Å²) < 4.78 is 0. The molecule has 1 aliphatic carbocycles. The van der Waals surface area contributed by atoms with Gasteiger partial charge in [-0.25, -0.2) is 0 Å². The maximum absolute atomic E-state index is 11.5. The molecular formula is C16H21NO3. The van der Waals surface area contributed by atoms with Gasteiger partial charge < -0.3 is 9.94 Å². The zero-order valence-electron chi connectivity index (χ0n) is 11.6. The van der Waals surface area contributed by atoms with E-state index in [-0.39, 0.29) is 0 Å². The third-order valence-corrected chi connectivity index (χ3v) is 3.87. The van der Waals surface area contributed by atoms with Crippen molar-refractivity contribution in [1.82, 2.24) is 0 Å². The van der Waals surface area contributed by atoms with Crippen LogP contribution in [0.4, 0.5) is 0 Å². The van der Waals surface area contributed by atoms with Crippen LogP contribution in [0.2, 0.25) is 0 Å². The van der Waals surface area contributed by atoms with Gasteiger partial charge >= 0.3 is 5.97 Å². The molecule has 0 bridgehead atoms. The quantitative estimate of drug-likeness (QED) is 0.507. The number of aliphatic carboxylic acids is 1. The second-order valence-corrected chi connectivity index (χ2v) is 5.37. The van der Waals surface area contributed by atoms with E-state index in [1.807, 2.05) is 30.3 Å². The van der Waals surface area contributed by atoms with Crippen molar-refractivity contribution in [3.05, 3.63) is 35.9 Å². The van der Waals surface area contributed by atoms with Crippen molar-refractivity contribution >= 4 is 12.2 Å². The maximum Gasteiger partial charge on any atom is 0.315 e. The molecule has 0 aliphatic heterocycles. The van der Waals surface area contributed by atoms with Gasteiger partial charge in [0.05, 0.1) is 6.21 Å². The topological polar surface area (TPSA) is 58.9 Å². The third-order valence-electron chi connectivity index (χ3n) is 3.87. The van der Waals surface area contributed by atoms with Crippen LogP contribution in [0, 0.1) is 5.41 Å². The summed E-state index contributed by atoms with van der Waals surface area (Å²) in [6.07, 6.45) is 6.90. The Labute approximate surface area is 119 Å². The average molecular weight is 275 g/mol. The Kier molecular flexibility index (Phi) is 5.16. The summed E-state index contributed by atoms with van der Waals surface area (Å²) in [5, 5.41) is 13.4. The minimum Gasteiger partial charge on any atom is -0.481 e. The van der Waals surface area contributed by atoms with Crippen LogP contribution < -0.4 is 0 Å². The Morgan fingerprint density at radius 3 is 2.45 bits per heavy atom. The van der Waals surface area contributed by atoms with Crippen LogP contribution in [0.3, 0.4) is 0 Å². The number of hydrogen-bond acceptors (Lipinski definition) is 3. The molecule has 2 rings (SSSR count). The Bertz CT molecular complexity index is 448. The number of carboxylic acid groups (broad SMARTS) is 1. The number of hydrogen-bond donors (Lipinski definition) is 1. The van der Waals surface area contributed by atoms with Gasteiger partial charge in [0, 0.05) is 0 Å². The molecule has 4 heteroatoms. The lowest BCUT2D eigenvalue weighted by atomic mass is 9.82. The van der Waals surface area contributed by atoms with Gasteiger partial charge in [0.15, 0.2) is 0 Å². The zero-order chi connectivity index (χ0) is 14.3. The standard InChI is InChI=1S/C16H21NO3/c18-15(19)16(10-6-1-2-7-11-16)13-17-20-12-14-8-4-3-5-9-14/h3-5,8-9,13H,1-2,6-7,10-12H2,(H,18,19). The highest BCUT2D eigenvalue weighted by Gasteiger charge is 2.37. The largest absolute Gasteiger partial charge is 0.481 e. The van der Waals surface area contributed by atoms with E-state index in [2.05, 4.69) is 5.16 Å². The van der Waals surface area contributed by atoms with E-state index in [9.17, 15) is 9.90 Å². The second kappa shape index (κ2) is 7.08. The van der Waals surface area contributed by atoms with E-state index in [1.165, 1.54) is 6.21 Å². The average Bonchev–Trinajstić information content (AvgIpc) is 2.71. The van der Waals surface area contributed by atoms with E-state index >= 15 is 0 Å². The molecule has 1 fully saturated rings. The van der Waals surface area contributed by atoms with Gasteiger partial charge in [0.1, 0.15) is 12.0 Å². The van der Waals surface area contributed by atoms with Crippen LogP contribution in [-0.2, 0) is 16.2 Å². The van der Waals surface area contributed by atoms with Crippen molar-refractivity contribution in [2.45, 2.75) is 45.1 Å². The van der Waals surface area contributed by atoms with Crippen LogP contribution in [0.5, 0.6) is 0 Å². The number of benzene rings is 1. The number of carboxylic acids is 1. The molecule has 1 aromatic carbocycles. The van der Waals surface area contributed by atoms with Crippen molar-refractivity contribution in [2.75, 3.05) is 0 Å². The van der Waals surface area contributed by atoms with Gasteiger partial charge in [-0.2, -0.15) is 0 Å². The van der Waals surface area contributed by atoms with E-state index in [1.54, 1.807) is 0 Å². The fourth-order valence-corrected chi connectivity index (χ4v) is 2.58. The summed E-state index contributed by atoms with van der Waals surface area (Å²) in [6, 6.07) is 9.72. The number of oxime groups is 1. The lowest BCUT2D eigenvalue weighted by Gasteiger charge is -2.22. The first kappa shape index (κ1) is 14.6. The van der Waals surface area contributed by atoms with Crippen LogP contribution >= 0.6 is 0 Å². The van der Waals surface area contributed by atoms with Gasteiger partial charge in [0.25, 0.3) is 0 Å². The highest BCUT2D eigenvalue weighted by atomic mass is 16.6. The van der Waals surface area contributed by atoms with E-state index in [0.717, 1.165) is 31.2 Å². The third kappa shape index (κ3) is 3.83. The number of rotatable bonds is 5. The van der Waals surface area contributed by atoms with Crippen molar-refractivity contribution in [3.63, 3.8) is 0 Å². The first-order chi connectivity index (χ1) is 9.73. The van der Waals surface area contributed by atoms with Crippen molar-refractivity contribution in [2.24, 2.45) is 10.6 Å². The minimum atomic E-state index is -0.840. The van der Waals surface area contributed by atoms with Gasteiger partial charge in [-0.1, -0.05) is 61.2 Å². The summed E-state index contributed by atoms with van der Waals surface area (Å²) in [6.45, 7) is 0.368.